The Morgan fingerprint density at radius 1 is 0.688 bits per heavy atom. The van der Waals surface area contributed by atoms with Crippen molar-refractivity contribution in [1.29, 1.82) is 0 Å². The Balaban J connectivity index is 1.58. The molecule has 0 bridgehead atoms. The van der Waals surface area contributed by atoms with Crippen LogP contribution in [0, 0.1) is 13.8 Å². The molecular formula is C28H28O4. The van der Waals surface area contributed by atoms with E-state index in [4.69, 9.17) is 9.47 Å². The molecule has 0 aromatic heterocycles. The zero-order valence-corrected chi connectivity index (χ0v) is 18.6. The van der Waals surface area contributed by atoms with Crippen LogP contribution in [0.15, 0.2) is 66.7 Å². The van der Waals surface area contributed by atoms with E-state index in [1.54, 1.807) is 36.4 Å². The quantitative estimate of drug-likeness (QED) is 0.332. The lowest BCUT2D eigenvalue weighted by Gasteiger charge is -2.24. The first-order valence-corrected chi connectivity index (χ1v) is 11.2. The largest absolute Gasteiger partial charge is 0.423 e. The fraction of sp³-hybridized carbons (Fsp3) is 0.286. The van der Waals surface area contributed by atoms with Gasteiger partial charge >= 0.3 is 11.9 Å². The molecule has 164 valence electrons. The highest BCUT2D eigenvalue weighted by Gasteiger charge is 2.22. The van der Waals surface area contributed by atoms with Crippen molar-refractivity contribution < 1.29 is 19.1 Å². The van der Waals surface area contributed by atoms with Gasteiger partial charge in [0, 0.05) is 5.56 Å². The lowest BCUT2D eigenvalue weighted by Crippen LogP contribution is -2.13. The molecule has 1 saturated carbocycles. The third kappa shape index (κ3) is 5.25. The maximum atomic E-state index is 12.7. The molecule has 1 aliphatic carbocycles. The zero-order valence-electron chi connectivity index (χ0n) is 18.6. The molecule has 0 aliphatic heterocycles. The lowest BCUT2D eigenvalue weighted by molar-refractivity contribution is 0.0717. The summed E-state index contributed by atoms with van der Waals surface area (Å²) in [4.78, 5) is 25.3. The van der Waals surface area contributed by atoms with Crippen LogP contribution in [0.4, 0.5) is 0 Å². The molecule has 0 spiro atoms. The second-order valence-corrected chi connectivity index (χ2v) is 8.55. The second kappa shape index (κ2) is 9.82. The van der Waals surface area contributed by atoms with Crippen molar-refractivity contribution in [2.24, 2.45) is 0 Å². The third-order valence-corrected chi connectivity index (χ3v) is 6.01. The molecule has 4 rings (SSSR count). The first-order valence-electron chi connectivity index (χ1n) is 11.2. The monoisotopic (exact) mass is 428 g/mol. The highest BCUT2D eigenvalue weighted by Crippen LogP contribution is 2.39. The maximum Gasteiger partial charge on any atom is 0.343 e. The van der Waals surface area contributed by atoms with Crippen LogP contribution in [0.3, 0.4) is 0 Å². The number of esters is 2. The fourth-order valence-corrected chi connectivity index (χ4v) is 4.12. The van der Waals surface area contributed by atoms with E-state index in [1.807, 2.05) is 44.2 Å². The van der Waals surface area contributed by atoms with E-state index in [0.717, 1.165) is 42.4 Å². The molecule has 4 heteroatoms. The molecule has 3 aromatic carbocycles. The second-order valence-electron chi connectivity index (χ2n) is 8.55. The lowest BCUT2D eigenvalue weighted by atomic mass is 9.83. The summed E-state index contributed by atoms with van der Waals surface area (Å²) in [7, 11) is 0. The number of ether oxygens (including phenoxy) is 2. The predicted octanol–water partition coefficient (Wildman–Crippen LogP) is 6.79. The number of aryl methyl sites for hydroxylation is 2. The minimum atomic E-state index is -0.399. The minimum absolute atomic E-state index is 0.280. The Hall–Kier alpha value is -3.40. The van der Waals surface area contributed by atoms with Crippen molar-refractivity contribution in [3.05, 3.63) is 94.5 Å². The van der Waals surface area contributed by atoms with Crippen molar-refractivity contribution in [1.82, 2.24) is 0 Å². The number of rotatable bonds is 5. The van der Waals surface area contributed by atoms with Crippen LogP contribution < -0.4 is 9.47 Å². The molecular weight excluding hydrogens is 400 g/mol. The van der Waals surface area contributed by atoms with Crippen LogP contribution in [-0.2, 0) is 0 Å². The maximum absolute atomic E-state index is 12.7. The number of carbonyl (C=O) groups is 2. The van der Waals surface area contributed by atoms with Gasteiger partial charge < -0.3 is 9.47 Å². The van der Waals surface area contributed by atoms with Crippen LogP contribution in [0.2, 0.25) is 0 Å². The van der Waals surface area contributed by atoms with Gasteiger partial charge in [0.2, 0.25) is 0 Å². The Bertz CT molecular complexity index is 1090. The molecule has 1 aliphatic rings. The molecule has 0 heterocycles. The van der Waals surface area contributed by atoms with E-state index >= 15 is 0 Å². The van der Waals surface area contributed by atoms with E-state index in [0.29, 0.717) is 22.6 Å². The van der Waals surface area contributed by atoms with E-state index in [-0.39, 0.29) is 11.9 Å². The van der Waals surface area contributed by atoms with Crippen molar-refractivity contribution >= 4 is 11.9 Å². The summed E-state index contributed by atoms with van der Waals surface area (Å²) in [6.45, 7) is 3.95. The van der Waals surface area contributed by atoms with E-state index in [2.05, 4.69) is 0 Å². The predicted molar refractivity (Wildman–Crippen MR) is 125 cm³/mol. The summed E-state index contributed by atoms with van der Waals surface area (Å²) in [5.41, 5.74) is 4.12. The van der Waals surface area contributed by atoms with E-state index < -0.39 is 5.97 Å². The van der Waals surface area contributed by atoms with Crippen molar-refractivity contribution in [3.8, 4) is 11.5 Å². The van der Waals surface area contributed by atoms with Gasteiger partial charge in [-0.25, -0.2) is 9.59 Å². The highest BCUT2D eigenvalue weighted by molar-refractivity contribution is 5.92. The van der Waals surface area contributed by atoms with Gasteiger partial charge in [-0.1, -0.05) is 54.7 Å². The van der Waals surface area contributed by atoms with Crippen molar-refractivity contribution in [2.45, 2.75) is 51.9 Å². The van der Waals surface area contributed by atoms with Gasteiger partial charge in [0.15, 0.2) is 0 Å². The van der Waals surface area contributed by atoms with Crippen LogP contribution in [0.5, 0.6) is 11.5 Å². The topological polar surface area (TPSA) is 52.6 Å². The zero-order chi connectivity index (χ0) is 22.5. The number of hydrogen-bond acceptors (Lipinski definition) is 4. The van der Waals surface area contributed by atoms with Gasteiger partial charge in [-0.2, -0.15) is 0 Å². The molecule has 0 saturated heterocycles. The molecule has 0 unspecified atom stereocenters. The molecule has 0 atom stereocenters. The Labute approximate surface area is 189 Å². The first kappa shape index (κ1) is 21.8. The first-order chi connectivity index (χ1) is 15.5. The van der Waals surface area contributed by atoms with E-state index in [9.17, 15) is 9.59 Å². The fourth-order valence-electron chi connectivity index (χ4n) is 4.12. The normalized spacial score (nSPS) is 14.1. The van der Waals surface area contributed by atoms with Crippen LogP contribution >= 0.6 is 0 Å². The Morgan fingerprint density at radius 3 is 1.78 bits per heavy atom. The van der Waals surface area contributed by atoms with Crippen LogP contribution in [-0.4, -0.2) is 11.9 Å². The highest BCUT2D eigenvalue weighted by atomic mass is 16.5. The molecule has 32 heavy (non-hydrogen) atoms. The summed E-state index contributed by atoms with van der Waals surface area (Å²) >= 11 is 0. The third-order valence-electron chi connectivity index (χ3n) is 6.01. The molecule has 1 fully saturated rings. The summed E-state index contributed by atoms with van der Waals surface area (Å²) in [5, 5.41) is 0. The molecule has 0 amide bonds. The molecule has 3 aromatic rings. The van der Waals surface area contributed by atoms with Crippen molar-refractivity contribution in [3.63, 3.8) is 0 Å². The number of hydrogen-bond donors (Lipinski definition) is 0. The summed E-state index contributed by atoms with van der Waals surface area (Å²) < 4.78 is 11.5. The molecule has 0 N–H and O–H groups in total. The van der Waals surface area contributed by atoms with Crippen LogP contribution in [0.1, 0.15) is 75.4 Å². The SMILES string of the molecule is Cc1ccc(C(=O)Oc2ccc(OC(=O)c3ccc(C)cc3)c(C3CCCCC3)c2)cc1. The average molecular weight is 429 g/mol. The summed E-state index contributed by atoms with van der Waals surface area (Å²) in [6, 6.07) is 19.9. The van der Waals surface area contributed by atoms with Gasteiger partial charge in [0.25, 0.3) is 0 Å². The van der Waals surface area contributed by atoms with Crippen LogP contribution in [0.25, 0.3) is 0 Å². The van der Waals surface area contributed by atoms with Gasteiger partial charge in [-0.15, -0.1) is 0 Å². The number of benzene rings is 3. The van der Waals surface area contributed by atoms with Gasteiger partial charge in [-0.05, 0) is 75.1 Å². The minimum Gasteiger partial charge on any atom is -0.423 e. The van der Waals surface area contributed by atoms with Gasteiger partial charge in [0.05, 0.1) is 11.1 Å². The average Bonchev–Trinajstić information content (AvgIpc) is 2.81. The summed E-state index contributed by atoms with van der Waals surface area (Å²) in [6.07, 6.45) is 5.57. The standard InChI is InChI=1S/C28H28O4/c1-19-8-12-22(13-9-19)27(29)31-24-16-17-26(25(18-24)21-6-4-3-5-7-21)32-28(30)23-14-10-20(2)11-15-23/h8-18,21H,3-7H2,1-2H3. The Kier molecular flexibility index (Phi) is 6.69. The molecule has 4 nitrogen and oxygen atoms in total. The van der Waals surface area contributed by atoms with Gasteiger partial charge in [0.1, 0.15) is 11.5 Å². The Morgan fingerprint density at radius 2 is 1.22 bits per heavy atom. The van der Waals surface area contributed by atoms with E-state index in [1.165, 1.54) is 6.42 Å². The van der Waals surface area contributed by atoms with Gasteiger partial charge in [-0.3, -0.25) is 0 Å². The van der Waals surface area contributed by atoms with Crippen molar-refractivity contribution in [2.75, 3.05) is 0 Å². The molecule has 0 radical (unpaired) electrons. The smallest absolute Gasteiger partial charge is 0.343 e. The summed E-state index contributed by atoms with van der Waals surface area (Å²) in [5.74, 6) is 0.502. The number of carbonyl (C=O) groups excluding carboxylic acids is 2.